The molecule has 0 bridgehead atoms. The van der Waals surface area contributed by atoms with E-state index in [2.05, 4.69) is 33.8 Å². The van der Waals surface area contributed by atoms with Crippen molar-refractivity contribution >= 4 is 43.4 Å². The van der Waals surface area contributed by atoms with Gasteiger partial charge < -0.3 is 10.6 Å². The highest BCUT2D eigenvalue weighted by Crippen LogP contribution is 2.45. The summed E-state index contributed by atoms with van der Waals surface area (Å²) in [7, 11) is -10.2. The Hall–Kier alpha value is -5.02. The summed E-state index contributed by atoms with van der Waals surface area (Å²) in [5.74, 6) is -1.40. The number of pyridine rings is 2. The molecule has 0 saturated carbocycles. The molecule has 0 unspecified atom stereocenters. The van der Waals surface area contributed by atoms with Crippen molar-refractivity contribution in [3.05, 3.63) is 98.5 Å². The molecule has 12 nitrogen and oxygen atoms in total. The number of carbonyl (C=O) groups excluding carboxylic acids is 2. The summed E-state index contributed by atoms with van der Waals surface area (Å²) in [5, 5.41) is 4.90. The number of hydrogen-bond donors (Lipinski definition) is 4. The molecule has 4 N–H and O–H groups in total. The number of benzene rings is 2. The molecule has 2 heterocycles. The average molecular weight is 607 g/mol. The van der Waals surface area contributed by atoms with Gasteiger partial charge in [-0.2, -0.15) is 16.8 Å². The fraction of sp³-hybridized carbons (Fsp3) is 0. The van der Waals surface area contributed by atoms with Gasteiger partial charge >= 0.3 is 0 Å². The largest absolute Gasteiger partial charge is 0.322 e. The Kier molecular flexibility index (Phi) is 8.44. The number of nitrogens with zero attached hydrogens (tertiary/aromatic N) is 2. The Labute approximate surface area is 241 Å². The molecule has 42 heavy (non-hydrogen) atoms. The number of amides is 2. The zero-order chi connectivity index (χ0) is 30.7. The van der Waals surface area contributed by atoms with Crippen LogP contribution in [0.15, 0.2) is 108 Å². The van der Waals surface area contributed by atoms with Gasteiger partial charge in [0.1, 0.15) is 9.79 Å². The predicted octanol–water partition coefficient (Wildman–Crippen LogP) is 4.22. The van der Waals surface area contributed by atoms with E-state index in [4.69, 9.17) is 0 Å². The van der Waals surface area contributed by atoms with Gasteiger partial charge in [-0.1, -0.05) is 25.3 Å². The van der Waals surface area contributed by atoms with Crippen LogP contribution in [0.25, 0.3) is 33.5 Å². The lowest BCUT2D eigenvalue weighted by Gasteiger charge is -2.20. The SMILES string of the molecule is C=CC(=O)Nc1cc(-c2ccccn2)c(-c2cc(-c3cccnc3)c(NC(=O)C=C)cc2S(=O)(=O)O)c(S(=O)(=O)O)c1. The van der Waals surface area contributed by atoms with Crippen LogP contribution in [0.5, 0.6) is 0 Å². The Morgan fingerprint density at radius 2 is 1.45 bits per heavy atom. The fourth-order valence-corrected chi connectivity index (χ4v) is 5.58. The first-order valence-corrected chi connectivity index (χ1v) is 14.7. The third kappa shape index (κ3) is 6.47. The van der Waals surface area contributed by atoms with E-state index in [-0.39, 0.29) is 39.3 Å². The third-order valence-corrected chi connectivity index (χ3v) is 7.63. The Bertz CT molecular complexity index is 1950. The Morgan fingerprint density at radius 1 is 0.762 bits per heavy atom. The van der Waals surface area contributed by atoms with Crippen molar-refractivity contribution in [3.63, 3.8) is 0 Å². The molecule has 4 aromatic rings. The molecule has 0 saturated heterocycles. The minimum Gasteiger partial charge on any atom is -0.322 e. The average Bonchev–Trinajstić information content (AvgIpc) is 2.96. The van der Waals surface area contributed by atoms with Crippen molar-refractivity contribution in [2.24, 2.45) is 0 Å². The van der Waals surface area contributed by atoms with Crippen molar-refractivity contribution in [1.29, 1.82) is 0 Å². The van der Waals surface area contributed by atoms with Crippen LogP contribution in [0.3, 0.4) is 0 Å². The second kappa shape index (κ2) is 11.8. The lowest BCUT2D eigenvalue weighted by Crippen LogP contribution is -2.13. The van der Waals surface area contributed by atoms with Gasteiger partial charge in [-0.3, -0.25) is 28.7 Å². The van der Waals surface area contributed by atoms with E-state index in [1.807, 2.05) is 0 Å². The van der Waals surface area contributed by atoms with Crippen molar-refractivity contribution < 1.29 is 35.5 Å². The van der Waals surface area contributed by atoms with E-state index >= 15 is 0 Å². The van der Waals surface area contributed by atoms with E-state index in [0.717, 1.165) is 24.3 Å². The molecule has 0 aliphatic carbocycles. The normalized spacial score (nSPS) is 11.4. The lowest BCUT2D eigenvalue weighted by atomic mass is 9.93. The lowest BCUT2D eigenvalue weighted by molar-refractivity contribution is -0.112. The first-order chi connectivity index (χ1) is 19.8. The van der Waals surface area contributed by atoms with Crippen LogP contribution in [0, 0.1) is 0 Å². The molecule has 0 atom stereocenters. The van der Waals surface area contributed by atoms with Gasteiger partial charge in [0.15, 0.2) is 0 Å². The van der Waals surface area contributed by atoms with Crippen molar-refractivity contribution in [2.75, 3.05) is 10.6 Å². The van der Waals surface area contributed by atoms with Crippen LogP contribution in [-0.4, -0.2) is 47.7 Å². The second-order valence-corrected chi connectivity index (χ2v) is 11.4. The predicted molar refractivity (Wildman–Crippen MR) is 156 cm³/mol. The minimum absolute atomic E-state index is 0.0324. The number of carbonyl (C=O) groups is 2. The molecule has 0 aliphatic rings. The smallest absolute Gasteiger partial charge is 0.295 e. The maximum Gasteiger partial charge on any atom is 0.295 e. The highest BCUT2D eigenvalue weighted by Gasteiger charge is 2.29. The number of hydrogen-bond acceptors (Lipinski definition) is 8. The molecule has 0 radical (unpaired) electrons. The third-order valence-electron chi connectivity index (χ3n) is 5.86. The molecule has 2 aromatic carbocycles. The molecule has 4 rings (SSSR count). The molecular formula is C28H22N4O8S2. The molecule has 0 fully saturated rings. The van der Waals surface area contributed by atoms with Gasteiger partial charge in [0.25, 0.3) is 20.2 Å². The second-order valence-electron chi connectivity index (χ2n) is 8.58. The number of aromatic nitrogens is 2. The zero-order valence-electron chi connectivity index (χ0n) is 21.6. The first-order valence-electron chi connectivity index (χ1n) is 11.8. The Balaban J connectivity index is 2.23. The van der Waals surface area contributed by atoms with Crippen LogP contribution in [0.2, 0.25) is 0 Å². The Morgan fingerprint density at radius 3 is 2.02 bits per heavy atom. The highest BCUT2D eigenvalue weighted by atomic mass is 32.2. The summed E-state index contributed by atoms with van der Waals surface area (Å²) < 4.78 is 71.7. The van der Waals surface area contributed by atoms with E-state index < -0.39 is 41.8 Å². The van der Waals surface area contributed by atoms with Crippen molar-refractivity contribution in [1.82, 2.24) is 9.97 Å². The zero-order valence-corrected chi connectivity index (χ0v) is 23.2. The maximum absolute atomic E-state index is 12.8. The van der Waals surface area contributed by atoms with E-state index in [9.17, 15) is 35.5 Å². The molecule has 0 aliphatic heterocycles. The molecule has 2 aromatic heterocycles. The maximum atomic E-state index is 12.8. The molecule has 2 amide bonds. The summed E-state index contributed by atoms with van der Waals surface area (Å²) in [5.41, 5.74) is -0.259. The van der Waals surface area contributed by atoms with Crippen LogP contribution >= 0.6 is 0 Å². The number of rotatable bonds is 9. The van der Waals surface area contributed by atoms with E-state index in [1.165, 1.54) is 36.8 Å². The fourth-order valence-electron chi connectivity index (χ4n) is 4.12. The van der Waals surface area contributed by atoms with Gasteiger partial charge in [0, 0.05) is 52.1 Å². The monoisotopic (exact) mass is 606 g/mol. The number of anilines is 2. The summed E-state index contributed by atoms with van der Waals surface area (Å²) in [4.78, 5) is 31.0. The molecular weight excluding hydrogens is 584 g/mol. The first kappa shape index (κ1) is 30.0. The highest BCUT2D eigenvalue weighted by molar-refractivity contribution is 7.86. The van der Waals surface area contributed by atoms with Crippen molar-refractivity contribution in [2.45, 2.75) is 9.79 Å². The van der Waals surface area contributed by atoms with Gasteiger partial charge in [0.2, 0.25) is 11.8 Å². The number of nitrogens with one attached hydrogen (secondary N) is 2. The molecule has 214 valence electrons. The quantitative estimate of drug-likeness (QED) is 0.158. The summed E-state index contributed by atoms with van der Waals surface area (Å²) >= 11 is 0. The van der Waals surface area contributed by atoms with Gasteiger partial charge in [0.05, 0.1) is 11.4 Å². The van der Waals surface area contributed by atoms with Crippen LogP contribution in [-0.2, 0) is 29.8 Å². The molecule has 14 heteroatoms. The van der Waals surface area contributed by atoms with E-state index in [0.29, 0.717) is 5.56 Å². The molecule has 0 spiro atoms. The van der Waals surface area contributed by atoms with Gasteiger partial charge in [-0.05, 0) is 54.6 Å². The van der Waals surface area contributed by atoms with Crippen LogP contribution in [0.4, 0.5) is 11.4 Å². The van der Waals surface area contributed by atoms with Gasteiger partial charge in [-0.25, -0.2) is 0 Å². The topological polar surface area (TPSA) is 193 Å². The van der Waals surface area contributed by atoms with Crippen LogP contribution in [0.1, 0.15) is 0 Å². The van der Waals surface area contributed by atoms with Crippen LogP contribution < -0.4 is 10.6 Å². The standard InChI is InChI=1S/C28H22N4O8S2/c1-3-26(33)31-18-12-20(22-9-5-6-11-30-22)28(25(13-18)42(38,39)40)21-14-19(17-8-7-10-29-16-17)23(32-27(34)4-2)15-24(21)41(35,36)37/h3-16H,1-2H2,(H,31,33)(H,32,34)(H,35,36,37)(H,38,39,40). The minimum atomic E-state index is -5.13. The van der Waals surface area contributed by atoms with Crippen molar-refractivity contribution in [3.8, 4) is 33.5 Å². The summed E-state index contributed by atoms with van der Waals surface area (Å²) in [6.07, 6.45) is 6.16. The van der Waals surface area contributed by atoms with Gasteiger partial charge in [-0.15, -0.1) is 0 Å². The summed E-state index contributed by atoms with van der Waals surface area (Å²) in [6.45, 7) is 6.74. The summed E-state index contributed by atoms with van der Waals surface area (Å²) in [6, 6.07) is 12.2. The van der Waals surface area contributed by atoms with E-state index in [1.54, 1.807) is 24.3 Å².